The Balaban J connectivity index is 1.66. The molecule has 0 amide bonds. The molecule has 19 heavy (non-hydrogen) atoms. The van der Waals surface area contributed by atoms with Gasteiger partial charge in [-0.2, -0.15) is 4.98 Å². The highest BCUT2D eigenvalue weighted by Gasteiger charge is 2.35. The maximum Gasteiger partial charge on any atom is 0.243 e. The van der Waals surface area contributed by atoms with Crippen LogP contribution in [-0.4, -0.2) is 52.5 Å². The molecule has 0 saturated carbocycles. The van der Waals surface area contributed by atoms with Crippen LogP contribution in [0.25, 0.3) is 0 Å². The molecule has 7 nitrogen and oxygen atoms in total. The second kappa shape index (κ2) is 5.54. The molecule has 2 saturated heterocycles. The van der Waals surface area contributed by atoms with E-state index >= 15 is 0 Å². The fraction of sp³-hybridized carbons (Fsp3) is 0.833. The Morgan fingerprint density at radius 2 is 2.42 bits per heavy atom. The van der Waals surface area contributed by atoms with E-state index in [1.54, 1.807) is 0 Å². The SMILES string of the molecule is NC(CCO)c1nc(C2CN3CCCC3CO2)no1. The van der Waals surface area contributed by atoms with Gasteiger partial charge in [0.25, 0.3) is 0 Å². The topological polar surface area (TPSA) is 97.6 Å². The van der Waals surface area contributed by atoms with E-state index in [9.17, 15) is 0 Å². The van der Waals surface area contributed by atoms with Crippen LogP contribution in [0.4, 0.5) is 0 Å². The fourth-order valence-corrected chi connectivity index (χ4v) is 2.76. The Bertz CT molecular complexity index is 425. The zero-order valence-corrected chi connectivity index (χ0v) is 10.9. The minimum Gasteiger partial charge on any atom is -0.396 e. The molecule has 0 bridgehead atoms. The van der Waals surface area contributed by atoms with Gasteiger partial charge in [-0.25, -0.2) is 0 Å². The number of aromatic nitrogens is 2. The number of aliphatic hydroxyl groups excluding tert-OH is 1. The summed E-state index contributed by atoms with van der Waals surface area (Å²) >= 11 is 0. The lowest BCUT2D eigenvalue weighted by atomic mass is 10.2. The first kappa shape index (κ1) is 13.0. The molecule has 0 aromatic carbocycles. The fourth-order valence-electron chi connectivity index (χ4n) is 2.76. The smallest absolute Gasteiger partial charge is 0.243 e. The summed E-state index contributed by atoms with van der Waals surface area (Å²) in [5, 5.41) is 12.8. The second-order valence-electron chi connectivity index (χ2n) is 5.22. The summed E-state index contributed by atoms with van der Waals surface area (Å²) in [6.45, 7) is 2.68. The van der Waals surface area contributed by atoms with E-state index in [1.165, 1.54) is 12.8 Å². The average Bonchev–Trinajstić information content (AvgIpc) is 3.07. The summed E-state index contributed by atoms with van der Waals surface area (Å²) in [6.07, 6.45) is 2.74. The summed E-state index contributed by atoms with van der Waals surface area (Å²) < 4.78 is 11.0. The second-order valence-corrected chi connectivity index (χ2v) is 5.22. The number of morpholine rings is 1. The van der Waals surface area contributed by atoms with E-state index in [0.29, 0.717) is 24.2 Å². The van der Waals surface area contributed by atoms with Crippen LogP contribution in [0.3, 0.4) is 0 Å². The van der Waals surface area contributed by atoms with Crippen molar-refractivity contribution in [1.82, 2.24) is 15.0 Å². The zero-order valence-electron chi connectivity index (χ0n) is 10.9. The lowest BCUT2D eigenvalue weighted by molar-refractivity contribution is -0.0548. The lowest BCUT2D eigenvalue weighted by Gasteiger charge is -2.33. The van der Waals surface area contributed by atoms with E-state index < -0.39 is 6.04 Å². The van der Waals surface area contributed by atoms with Crippen LogP contribution in [0.2, 0.25) is 0 Å². The third kappa shape index (κ3) is 2.64. The molecule has 2 fully saturated rings. The van der Waals surface area contributed by atoms with Crippen LogP contribution in [0.15, 0.2) is 4.52 Å². The molecule has 2 aliphatic rings. The van der Waals surface area contributed by atoms with Gasteiger partial charge < -0.3 is 20.1 Å². The third-order valence-electron chi connectivity index (χ3n) is 3.89. The van der Waals surface area contributed by atoms with Crippen LogP contribution < -0.4 is 5.73 Å². The van der Waals surface area contributed by atoms with E-state index in [0.717, 1.165) is 19.7 Å². The van der Waals surface area contributed by atoms with Crippen molar-refractivity contribution < 1.29 is 14.4 Å². The quantitative estimate of drug-likeness (QED) is 0.792. The van der Waals surface area contributed by atoms with Crippen molar-refractivity contribution in [2.75, 3.05) is 26.3 Å². The summed E-state index contributed by atoms with van der Waals surface area (Å²) in [6, 6.07) is 0.147. The standard InChI is InChI=1S/C12H20N4O3/c13-9(3-5-17)12-14-11(15-19-12)10-6-16-4-1-2-8(16)7-18-10/h8-10,17H,1-7,13H2. The van der Waals surface area contributed by atoms with Crippen molar-refractivity contribution >= 4 is 0 Å². The number of hydrogen-bond acceptors (Lipinski definition) is 7. The molecule has 1 aromatic heterocycles. The molecule has 106 valence electrons. The van der Waals surface area contributed by atoms with Gasteiger partial charge in [0.2, 0.25) is 11.7 Å². The molecule has 3 heterocycles. The van der Waals surface area contributed by atoms with Crippen LogP contribution >= 0.6 is 0 Å². The Labute approximate surface area is 111 Å². The lowest BCUT2D eigenvalue weighted by Crippen LogP contribution is -2.42. The molecule has 3 N–H and O–H groups in total. The molecule has 7 heteroatoms. The highest BCUT2D eigenvalue weighted by atomic mass is 16.5. The van der Waals surface area contributed by atoms with Crippen LogP contribution in [-0.2, 0) is 4.74 Å². The number of nitrogens with zero attached hydrogens (tertiary/aromatic N) is 3. The number of ether oxygens (including phenoxy) is 1. The maximum atomic E-state index is 8.86. The summed E-state index contributed by atoms with van der Waals surface area (Å²) in [7, 11) is 0. The third-order valence-corrected chi connectivity index (χ3v) is 3.89. The largest absolute Gasteiger partial charge is 0.396 e. The van der Waals surface area contributed by atoms with Gasteiger partial charge in [-0.05, 0) is 25.8 Å². The number of fused-ring (bicyclic) bond motifs is 1. The molecule has 3 atom stereocenters. The summed E-state index contributed by atoms with van der Waals surface area (Å²) in [5.41, 5.74) is 5.83. The van der Waals surface area contributed by atoms with Gasteiger partial charge in [-0.15, -0.1) is 0 Å². The van der Waals surface area contributed by atoms with Crippen molar-refractivity contribution in [2.45, 2.75) is 37.5 Å². The Morgan fingerprint density at radius 1 is 1.53 bits per heavy atom. The molecular weight excluding hydrogens is 248 g/mol. The Kier molecular flexibility index (Phi) is 3.79. The molecule has 0 aliphatic carbocycles. The minimum atomic E-state index is -0.408. The van der Waals surface area contributed by atoms with Crippen molar-refractivity contribution in [3.8, 4) is 0 Å². The normalized spacial score (nSPS) is 29.4. The average molecular weight is 268 g/mol. The van der Waals surface area contributed by atoms with Gasteiger partial charge in [0.05, 0.1) is 12.6 Å². The van der Waals surface area contributed by atoms with E-state index in [4.69, 9.17) is 20.1 Å². The molecule has 2 aliphatic heterocycles. The van der Waals surface area contributed by atoms with Crippen molar-refractivity contribution in [3.05, 3.63) is 11.7 Å². The first-order valence-corrected chi connectivity index (χ1v) is 6.83. The Morgan fingerprint density at radius 3 is 3.26 bits per heavy atom. The van der Waals surface area contributed by atoms with Crippen molar-refractivity contribution in [2.24, 2.45) is 5.73 Å². The molecule has 3 rings (SSSR count). The van der Waals surface area contributed by atoms with E-state index in [-0.39, 0.29) is 12.7 Å². The van der Waals surface area contributed by atoms with Gasteiger partial charge in [0.15, 0.2) is 0 Å². The molecule has 1 aromatic rings. The number of nitrogens with two attached hydrogens (primary N) is 1. The number of rotatable bonds is 4. The number of hydrogen-bond donors (Lipinski definition) is 2. The van der Waals surface area contributed by atoms with Crippen LogP contribution in [0.5, 0.6) is 0 Å². The highest BCUT2D eigenvalue weighted by Crippen LogP contribution is 2.29. The monoisotopic (exact) mass is 268 g/mol. The first-order valence-electron chi connectivity index (χ1n) is 6.83. The van der Waals surface area contributed by atoms with E-state index in [1.807, 2.05) is 0 Å². The van der Waals surface area contributed by atoms with Crippen molar-refractivity contribution in [1.29, 1.82) is 0 Å². The summed E-state index contributed by atoms with van der Waals surface area (Å²) in [5.74, 6) is 0.935. The van der Waals surface area contributed by atoms with Gasteiger partial charge >= 0.3 is 0 Å². The maximum absolute atomic E-state index is 8.86. The van der Waals surface area contributed by atoms with Gasteiger partial charge in [0.1, 0.15) is 6.10 Å². The highest BCUT2D eigenvalue weighted by molar-refractivity contribution is 4.99. The first-order chi connectivity index (χ1) is 9.28. The molecular formula is C12H20N4O3. The zero-order chi connectivity index (χ0) is 13.2. The van der Waals surface area contributed by atoms with Gasteiger partial charge in [0, 0.05) is 19.2 Å². The predicted octanol–water partition coefficient (Wildman–Crippen LogP) is -0.0125. The number of aliphatic hydroxyl groups is 1. The van der Waals surface area contributed by atoms with Gasteiger partial charge in [-0.3, -0.25) is 4.90 Å². The molecule has 0 radical (unpaired) electrons. The summed E-state index contributed by atoms with van der Waals surface area (Å²) in [4.78, 5) is 6.73. The van der Waals surface area contributed by atoms with Crippen LogP contribution in [0, 0.1) is 0 Å². The Hall–Kier alpha value is -1.02. The predicted molar refractivity (Wildman–Crippen MR) is 66.2 cm³/mol. The van der Waals surface area contributed by atoms with E-state index in [2.05, 4.69) is 15.0 Å². The van der Waals surface area contributed by atoms with Crippen LogP contribution in [0.1, 0.15) is 43.1 Å². The molecule has 0 spiro atoms. The minimum absolute atomic E-state index is 0.00820. The van der Waals surface area contributed by atoms with Crippen molar-refractivity contribution in [3.63, 3.8) is 0 Å². The van der Waals surface area contributed by atoms with Gasteiger partial charge in [-0.1, -0.05) is 5.16 Å². The molecule has 3 unspecified atom stereocenters.